The van der Waals surface area contributed by atoms with Gasteiger partial charge in [0.15, 0.2) is 0 Å². The molecule has 1 aliphatic heterocycles. The fraction of sp³-hybridized carbons (Fsp3) is 0.130. The molecule has 0 radical (unpaired) electrons. The van der Waals surface area contributed by atoms with E-state index in [0.717, 1.165) is 16.9 Å². The monoisotopic (exact) mass is 455 g/mol. The summed E-state index contributed by atoms with van der Waals surface area (Å²) in [5.74, 6) is 1.94. The van der Waals surface area contributed by atoms with Crippen LogP contribution in [0.4, 0.5) is 0 Å². The highest BCUT2D eigenvalue weighted by Gasteiger charge is 2.32. The molecule has 1 saturated heterocycles. The van der Waals surface area contributed by atoms with Crippen molar-refractivity contribution in [3.63, 3.8) is 0 Å². The predicted octanol–water partition coefficient (Wildman–Crippen LogP) is 6.05. The number of hydrogen-bond acceptors (Lipinski definition) is 5. The summed E-state index contributed by atoms with van der Waals surface area (Å²) in [6, 6.07) is 18.9. The third-order valence-corrected chi connectivity index (χ3v) is 6.40. The maximum atomic E-state index is 12.8. The zero-order valence-electron chi connectivity index (χ0n) is 16.1. The lowest BCUT2D eigenvalue weighted by Gasteiger charge is -2.14. The van der Waals surface area contributed by atoms with Gasteiger partial charge in [0, 0.05) is 18.2 Å². The van der Waals surface area contributed by atoms with Crippen LogP contribution in [0.2, 0.25) is 5.02 Å². The van der Waals surface area contributed by atoms with Gasteiger partial charge in [-0.3, -0.25) is 9.69 Å². The van der Waals surface area contributed by atoms with E-state index >= 15 is 0 Å². The molecule has 1 aliphatic rings. The Bertz CT molecular complexity index is 1120. The average molecular weight is 456 g/mol. The van der Waals surface area contributed by atoms with E-state index in [4.69, 9.17) is 33.0 Å². The molecule has 4 rings (SSSR count). The Morgan fingerprint density at radius 2 is 1.90 bits per heavy atom. The summed E-state index contributed by atoms with van der Waals surface area (Å²) in [6.45, 7) is 0.525. The zero-order chi connectivity index (χ0) is 21.1. The summed E-state index contributed by atoms with van der Waals surface area (Å²) >= 11 is 13.0. The van der Waals surface area contributed by atoms with Gasteiger partial charge in [0.2, 0.25) is 0 Å². The van der Waals surface area contributed by atoms with E-state index in [0.29, 0.717) is 38.7 Å². The van der Waals surface area contributed by atoms with E-state index in [1.807, 2.05) is 60.7 Å². The van der Waals surface area contributed by atoms with Gasteiger partial charge in [0.25, 0.3) is 5.91 Å². The van der Waals surface area contributed by atoms with Gasteiger partial charge in [-0.2, -0.15) is 0 Å². The van der Waals surface area contributed by atoms with E-state index in [9.17, 15) is 4.79 Å². The second-order valence-corrected chi connectivity index (χ2v) is 8.70. The van der Waals surface area contributed by atoms with Crippen molar-refractivity contribution in [1.29, 1.82) is 0 Å². The summed E-state index contributed by atoms with van der Waals surface area (Å²) in [6.07, 6.45) is 2.44. The van der Waals surface area contributed by atoms with Crippen molar-refractivity contribution in [1.82, 2.24) is 4.90 Å². The zero-order valence-corrected chi connectivity index (χ0v) is 18.5. The Labute approximate surface area is 189 Å². The Morgan fingerprint density at radius 3 is 2.63 bits per heavy atom. The summed E-state index contributed by atoms with van der Waals surface area (Å²) in [7, 11) is 1.64. The number of ether oxygens (including phenoxy) is 1. The standard InChI is InChI=1S/C23H18ClNO3S2/c1-27-16-8-6-15(7-9-16)12-13-25-22(26)21(30-23(25)29)14-17-10-11-20(28-17)18-4-2-3-5-19(18)24/h2-11,14H,12-13H2,1H3. The summed E-state index contributed by atoms with van der Waals surface area (Å²) in [5.41, 5.74) is 1.93. The highest BCUT2D eigenvalue weighted by Crippen LogP contribution is 2.34. The molecule has 30 heavy (non-hydrogen) atoms. The molecule has 1 fully saturated rings. The molecule has 152 valence electrons. The molecule has 0 N–H and O–H groups in total. The third-order valence-electron chi connectivity index (χ3n) is 4.70. The van der Waals surface area contributed by atoms with E-state index in [1.54, 1.807) is 18.1 Å². The van der Waals surface area contributed by atoms with Crippen molar-refractivity contribution in [3.8, 4) is 17.1 Å². The van der Waals surface area contributed by atoms with Crippen molar-refractivity contribution in [2.45, 2.75) is 6.42 Å². The first-order chi connectivity index (χ1) is 14.5. The number of halogens is 1. The van der Waals surface area contributed by atoms with Crippen LogP contribution in [0.15, 0.2) is 70.0 Å². The topological polar surface area (TPSA) is 42.7 Å². The van der Waals surface area contributed by atoms with Gasteiger partial charge in [-0.1, -0.05) is 59.8 Å². The molecule has 7 heteroatoms. The van der Waals surface area contributed by atoms with Gasteiger partial charge in [-0.15, -0.1) is 0 Å². The third kappa shape index (κ3) is 4.46. The quantitative estimate of drug-likeness (QED) is 0.334. The maximum Gasteiger partial charge on any atom is 0.266 e. The Hall–Kier alpha value is -2.54. The fourth-order valence-corrected chi connectivity index (χ4v) is 4.61. The molecule has 0 unspecified atom stereocenters. The minimum absolute atomic E-state index is 0.103. The van der Waals surface area contributed by atoms with Crippen LogP contribution in [0.25, 0.3) is 17.4 Å². The highest BCUT2D eigenvalue weighted by molar-refractivity contribution is 8.26. The lowest BCUT2D eigenvalue weighted by molar-refractivity contribution is -0.122. The number of methoxy groups -OCH3 is 1. The normalized spacial score (nSPS) is 15.3. The molecule has 2 heterocycles. The van der Waals surface area contributed by atoms with Crippen LogP contribution in [0.1, 0.15) is 11.3 Å². The maximum absolute atomic E-state index is 12.8. The van der Waals surface area contributed by atoms with E-state index < -0.39 is 0 Å². The van der Waals surface area contributed by atoms with Crippen LogP contribution in [-0.4, -0.2) is 28.8 Å². The van der Waals surface area contributed by atoms with Crippen LogP contribution in [0.3, 0.4) is 0 Å². The van der Waals surface area contributed by atoms with E-state index in [2.05, 4.69) is 0 Å². The number of benzene rings is 2. The number of thiocarbonyl (C=S) groups is 1. The molecule has 3 aromatic rings. The molecule has 4 nitrogen and oxygen atoms in total. The molecule has 1 amide bonds. The Kier molecular flexibility index (Phi) is 6.27. The largest absolute Gasteiger partial charge is 0.497 e. The number of rotatable bonds is 6. The smallest absolute Gasteiger partial charge is 0.266 e. The van der Waals surface area contributed by atoms with Crippen LogP contribution >= 0.6 is 35.6 Å². The molecule has 0 spiro atoms. The van der Waals surface area contributed by atoms with Crippen molar-refractivity contribution in [2.75, 3.05) is 13.7 Å². The van der Waals surface area contributed by atoms with Crippen molar-refractivity contribution < 1.29 is 13.9 Å². The van der Waals surface area contributed by atoms with Crippen LogP contribution in [0.5, 0.6) is 5.75 Å². The van der Waals surface area contributed by atoms with Crippen LogP contribution in [0, 0.1) is 0 Å². The van der Waals surface area contributed by atoms with Crippen molar-refractivity contribution >= 4 is 51.9 Å². The Morgan fingerprint density at radius 1 is 1.13 bits per heavy atom. The molecular weight excluding hydrogens is 438 g/mol. The first kappa shape index (κ1) is 20.7. The second kappa shape index (κ2) is 9.08. The Balaban J connectivity index is 1.45. The number of amides is 1. The molecule has 0 atom stereocenters. The van der Waals surface area contributed by atoms with Gasteiger partial charge < -0.3 is 9.15 Å². The van der Waals surface area contributed by atoms with Gasteiger partial charge in [-0.05, 0) is 48.4 Å². The van der Waals surface area contributed by atoms with Gasteiger partial charge in [0.05, 0.1) is 17.0 Å². The molecule has 1 aromatic heterocycles. The molecule has 0 aliphatic carbocycles. The number of carbonyl (C=O) groups excluding carboxylic acids is 1. The highest BCUT2D eigenvalue weighted by atomic mass is 35.5. The summed E-state index contributed by atoms with van der Waals surface area (Å²) < 4.78 is 11.6. The number of hydrogen-bond donors (Lipinski definition) is 0. The lowest BCUT2D eigenvalue weighted by Crippen LogP contribution is -2.30. The van der Waals surface area contributed by atoms with Gasteiger partial charge >= 0.3 is 0 Å². The average Bonchev–Trinajstić information content (AvgIpc) is 3.32. The predicted molar refractivity (Wildman–Crippen MR) is 126 cm³/mol. The number of carbonyl (C=O) groups is 1. The fourth-order valence-electron chi connectivity index (χ4n) is 3.09. The summed E-state index contributed by atoms with van der Waals surface area (Å²) in [4.78, 5) is 15.0. The van der Waals surface area contributed by atoms with Crippen molar-refractivity contribution in [2.24, 2.45) is 0 Å². The molecular formula is C23H18ClNO3S2. The number of nitrogens with zero attached hydrogens (tertiary/aromatic N) is 1. The van der Waals surface area contributed by atoms with Gasteiger partial charge in [-0.25, -0.2) is 0 Å². The van der Waals surface area contributed by atoms with Crippen LogP contribution < -0.4 is 4.74 Å². The van der Waals surface area contributed by atoms with Crippen molar-refractivity contribution in [3.05, 3.63) is 81.9 Å². The SMILES string of the molecule is COc1ccc(CCN2C(=O)C(=Cc3ccc(-c4ccccc4Cl)o3)SC2=S)cc1. The number of furan rings is 1. The molecule has 2 aromatic carbocycles. The first-order valence-electron chi connectivity index (χ1n) is 9.28. The first-order valence-corrected chi connectivity index (χ1v) is 10.9. The lowest BCUT2D eigenvalue weighted by atomic mass is 10.1. The van der Waals surface area contributed by atoms with Crippen LogP contribution in [-0.2, 0) is 11.2 Å². The minimum Gasteiger partial charge on any atom is -0.497 e. The summed E-state index contributed by atoms with van der Waals surface area (Å²) in [5, 5.41) is 0.614. The second-order valence-electron chi connectivity index (χ2n) is 6.61. The minimum atomic E-state index is -0.103. The molecule has 0 saturated carbocycles. The number of thioether (sulfide) groups is 1. The van der Waals surface area contributed by atoms with E-state index in [1.165, 1.54) is 11.8 Å². The van der Waals surface area contributed by atoms with E-state index in [-0.39, 0.29) is 5.91 Å². The van der Waals surface area contributed by atoms with Gasteiger partial charge in [0.1, 0.15) is 21.6 Å². The molecule has 0 bridgehead atoms.